The lowest BCUT2D eigenvalue weighted by Crippen LogP contribution is -2.36. The van der Waals surface area contributed by atoms with E-state index in [2.05, 4.69) is 55.9 Å². The van der Waals surface area contributed by atoms with Gasteiger partial charge in [-0.2, -0.15) is 0 Å². The number of rotatable bonds is 8. The van der Waals surface area contributed by atoms with E-state index in [-0.39, 0.29) is 0 Å². The number of nitrogens with one attached hydrogen (secondary N) is 1. The molecule has 1 aliphatic heterocycles. The van der Waals surface area contributed by atoms with Crippen molar-refractivity contribution in [2.75, 3.05) is 31.1 Å². The first kappa shape index (κ1) is 19.7. The van der Waals surface area contributed by atoms with Gasteiger partial charge < -0.3 is 10.2 Å². The van der Waals surface area contributed by atoms with Crippen LogP contribution < -0.4 is 10.2 Å². The Morgan fingerprint density at radius 3 is 2.81 bits per heavy atom. The van der Waals surface area contributed by atoms with Crippen molar-refractivity contribution in [3.8, 4) is 11.3 Å². The van der Waals surface area contributed by atoms with Gasteiger partial charge in [0.25, 0.3) is 0 Å². The molecule has 3 aromatic rings. The lowest BCUT2D eigenvalue weighted by Gasteiger charge is -2.32. The van der Waals surface area contributed by atoms with Crippen molar-refractivity contribution in [1.29, 1.82) is 0 Å². The summed E-state index contributed by atoms with van der Waals surface area (Å²) in [6.07, 6.45) is 14.7. The Kier molecular flexibility index (Phi) is 5.23. The minimum atomic E-state index is 0.731. The number of aromatic nitrogens is 4. The fraction of sp³-hybridized carbons (Fsp3) is 0.423. The number of anilines is 1. The average molecular weight is 427 g/mol. The Hall–Kier alpha value is -2.99. The molecule has 0 unspecified atom stereocenters. The molecule has 3 heterocycles. The number of hydrogen-bond acceptors (Lipinski definition) is 5. The molecule has 6 nitrogen and oxygen atoms in total. The van der Waals surface area contributed by atoms with Gasteiger partial charge in [-0.15, -0.1) is 5.10 Å². The number of fused-ring (bicyclic) bond motifs is 1. The summed E-state index contributed by atoms with van der Waals surface area (Å²) in [5.74, 6) is 0.910. The van der Waals surface area contributed by atoms with E-state index in [4.69, 9.17) is 0 Å². The first-order valence-electron chi connectivity index (χ1n) is 11.9. The molecule has 0 atom stereocenters. The Morgan fingerprint density at radius 1 is 1.06 bits per heavy atom. The second kappa shape index (κ2) is 8.51. The molecule has 0 spiro atoms. The maximum absolute atomic E-state index is 4.41. The second-order valence-corrected chi connectivity index (χ2v) is 9.51. The summed E-state index contributed by atoms with van der Waals surface area (Å²) in [5, 5.41) is 12.4. The van der Waals surface area contributed by atoms with E-state index in [0.29, 0.717) is 0 Å². The fourth-order valence-corrected chi connectivity index (χ4v) is 4.82. The molecule has 1 saturated carbocycles. The van der Waals surface area contributed by atoms with E-state index in [1.807, 2.05) is 23.3 Å². The van der Waals surface area contributed by atoms with Crippen LogP contribution in [0.4, 0.5) is 5.69 Å². The molecule has 1 saturated heterocycles. The molecule has 1 N–H and O–H groups in total. The minimum Gasteiger partial charge on any atom is -0.370 e. The van der Waals surface area contributed by atoms with E-state index in [1.165, 1.54) is 60.2 Å². The third kappa shape index (κ3) is 4.07. The topological polar surface area (TPSA) is 58.9 Å². The number of hydrogen-bond donors (Lipinski definition) is 1. The lowest BCUT2D eigenvalue weighted by molar-refractivity contribution is 0.305. The third-order valence-corrected chi connectivity index (χ3v) is 7.12. The van der Waals surface area contributed by atoms with Crippen LogP contribution in [0, 0.1) is 5.92 Å². The summed E-state index contributed by atoms with van der Waals surface area (Å²) in [5.41, 5.74) is 8.63. The summed E-state index contributed by atoms with van der Waals surface area (Å²) in [6, 6.07) is 8.97. The molecule has 6 heteroatoms. The molecule has 2 aliphatic carbocycles. The highest BCUT2D eigenvalue weighted by Gasteiger charge is 2.18. The summed E-state index contributed by atoms with van der Waals surface area (Å²) in [4.78, 5) is 6.76. The van der Waals surface area contributed by atoms with E-state index >= 15 is 0 Å². The summed E-state index contributed by atoms with van der Waals surface area (Å²) >= 11 is 0. The van der Waals surface area contributed by atoms with Crippen LogP contribution in [-0.4, -0.2) is 46.2 Å². The number of pyridine rings is 1. The van der Waals surface area contributed by atoms with Gasteiger partial charge in [0.2, 0.25) is 0 Å². The summed E-state index contributed by atoms with van der Waals surface area (Å²) in [6.45, 7) is 5.14. The van der Waals surface area contributed by atoms with Crippen molar-refractivity contribution < 1.29 is 0 Å². The molecule has 2 aromatic heterocycles. The minimum absolute atomic E-state index is 0.731. The van der Waals surface area contributed by atoms with Gasteiger partial charge >= 0.3 is 0 Å². The highest BCUT2D eigenvalue weighted by Crippen LogP contribution is 2.28. The average Bonchev–Trinajstić information content (AvgIpc) is 3.35. The molecular weight excluding hydrogens is 396 g/mol. The highest BCUT2D eigenvalue weighted by atomic mass is 15.4. The van der Waals surface area contributed by atoms with Crippen LogP contribution in [0.5, 0.6) is 0 Å². The van der Waals surface area contributed by atoms with E-state index in [1.54, 1.807) is 0 Å². The molecule has 0 amide bonds. The van der Waals surface area contributed by atoms with Crippen molar-refractivity contribution in [1.82, 2.24) is 25.3 Å². The highest BCUT2D eigenvalue weighted by molar-refractivity contribution is 5.65. The van der Waals surface area contributed by atoms with Gasteiger partial charge in [0, 0.05) is 31.4 Å². The van der Waals surface area contributed by atoms with E-state index in [9.17, 15) is 0 Å². The molecular formula is C26H30N6. The molecule has 0 bridgehead atoms. The van der Waals surface area contributed by atoms with Crippen LogP contribution in [0.2, 0.25) is 0 Å². The van der Waals surface area contributed by atoms with Crippen molar-refractivity contribution in [2.45, 2.75) is 38.6 Å². The van der Waals surface area contributed by atoms with Crippen molar-refractivity contribution >= 4 is 11.8 Å². The van der Waals surface area contributed by atoms with Crippen LogP contribution >= 0.6 is 0 Å². The molecule has 164 valence electrons. The maximum Gasteiger partial charge on any atom is 0.114 e. The normalized spacial score (nSPS) is 17.6. The monoisotopic (exact) mass is 426 g/mol. The van der Waals surface area contributed by atoms with Crippen molar-refractivity contribution in [3.63, 3.8) is 0 Å². The Balaban J connectivity index is 1.08. The van der Waals surface area contributed by atoms with Gasteiger partial charge in [0.15, 0.2) is 0 Å². The SMILES string of the molecule is C1=C(CNCC2CCC2)Cc2cc(Cn3cc(-c4cncc(N5CCC5)c4)nn3)ccc21. The van der Waals surface area contributed by atoms with Crippen LogP contribution in [0.15, 0.2) is 48.4 Å². The van der Waals surface area contributed by atoms with Gasteiger partial charge in [-0.3, -0.25) is 4.98 Å². The van der Waals surface area contributed by atoms with Crippen LogP contribution in [0.25, 0.3) is 17.3 Å². The van der Waals surface area contributed by atoms with Crippen LogP contribution in [0.3, 0.4) is 0 Å². The van der Waals surface area contributed by atoms with Gasteiger partial charge in [0.05, 0.1) is 24.6 Å². The Labute approximate surface area is 189 Å². The predicted octanol–water partition coefficient (Wildman–Crippen LogP) is 3.93. The quantitative estimate of drug-likeness (QED) is 0.592. The van der Waals surface area contributed by atoms with Crippen molar-refractivity contribution in [2.24, 2.45) is 5.92 Å². The summed E-state index contributed by atoms with van der Waals surface area (Å²) in [7, 11) is 0. The van der Waals surface area contributed by atoms with Crippen LogP contribution in [0.1, 0.15) is 42.4 Å². The van der Waals surface area contributed by atoms with Gasteiger partial charge in [0.1, 0.15) is 5.69 Å². The number of nitrogens with zero attached hydrogens (tertiary/aromatic N) is 5. The fourth-order valence-electron chi connectivity index (χ4n) is 4.82. The molecule has 1 aromatic carbocycles. The zero-order chi connectivity index (χ0) is 21.3. The smallest absolute Gasteiger partial charge is 0.114 e. The van der Waals surface area contributed by atoms with Gasteiger partial charge in [-0.05, 0) is 60.9 Å². The van der Waals surface area contributed by atoms with Gasteiger partial charge in [-0.25, -0.2) is 4.68 Å². The first-order valence-corrected chi connectivity index (χ1v) is 11.9. The molecule has 6 rings (SSSR count). The summed E-state index contributed by atoms with van der Waals surface area (Å²) < 4.78 is 1.93. The largest absolute Gasteiger partial charge is 0.370 e. The predicted molar refractivity (Wildman–Crippen MR) is 128 cm³/mol. The van der Waals surface area contributed by atoms with Gasteiger partial charge in [-0.1, -0.05) is 41.5 Å². The van der Waals surface area contributed by atoms with E-state index in [0.717, 1.165) is 49.8 Å². The molecule has 2 fully saturated rings. The second-order valence-electron chi connectivity index (χ2n) is 9.51. The van der Waals surface area contributed by atoms with Crippen LogP contribution in [-0.2, 0) is 13.0 Å². The lowest BCUT2D eigenvalue weighted by atomic mass is 9.85. The first-order chi connectivity index (χ1) is 15.8. The Morgan fingerprint density at radius 2 is 2.00 bits per heavy atom. The van der Waals surface area contributed by atoms with Crippen molar-refractivity contribution in [3.05, 3.63) is 65.1 Å². The molecule has 0 radical (unpaired) electrons. The molecule has 3 aliphatic rings. The maximum atomic E-state index is 4.41. The number of benzene rings is 1. The van der Waals surface area contributed by atoms with E-state index < -0.39 is 0 Å². The molecule has 32 heavy (non-hydrogen) atoms. The third-order valence-electron chi connectivity index (χ3n) is 7.12. The Bertz CT molecular complexity index is 1140. The zero-order valence-corrected chi connectivity index (χ0v) is 18.5. The standard InChI is InChI=1S/C26H30N6/c1-3-19(4-1)13-27-14-21-10-22-6-5-20(9-23(22)11-21)17-32-18-26(29-30-32)24-12-25(16-28-15-24)31-7-2-8-31/h5-6,9-10,12,15-16,18-19,27H,1-4,7-8,11,13-14,17H2. The zero-order valence-electron chi connectivity index (χ0n) is 18.5.